The van der Waals surface area contributed by atoms with E-state index in [0.29, 0.717) is 5.56 Å². The van der Waals surface area contributed by atoms with Crippen molar-refractivity contribution in [1.82, 2.24) is 0 Å². The number of rotatable bonds is 5. The largest absolute Gasteiger partial charge is 0.508 e. The Morgan fingerprint density at radius 2 is 1.91 bits per heavy atom. The van der Waals surface area contributed by atoms with Gasteiger partial charge in [-0.05, 0) is 74.2 Å². The third-order valence-electron chi connectivity index (χ3n) is 3.83. The number of hydrogen-bond donors (Lipinski definition) is 1. The van der Waals surface area contributed by atoms with Crippen LogP contribution in [0.25, 0.3) is 11.1 Å². The summed E-state index contributed by atoms with van der Waals surface area (Å²) >= 11 is 0. The van der Waals surface area contributed by atoms with Gasteiger partial charge in [-0.15, -0.1) is 0 Å². The fourth-order valence-corrected chi connectivity index (χ4v) is 2.27. The molecule has 2 aromatic rings. The predicted octanol–water partition coefficient (Wildman–Crippen LogP) is 4.75. The Hall–Kier alpha value is -2.29. The van der Waals surface area contributed by atoms with Gasteiger partial charge >= 0.3 is 0 Å². The smallest absolute Gasteiger partial charge is 0.150 e. The normalized spacial score (nSPS) is 11.3. The van der Waals surface area contributed by atoms with Crippen molar-refractivity contribution in [3.8, 4) is 22.6 Å². The number of phenolic OH excluding ortho intramolecular Hbond substituents is 1. The lowest BCUT2D eigenvalue weighted by Gasteiger charge is -2.25. The summed E-state index contributed by atoms with van der Waals surface area (Å²) in [6.45, 7) is 8.20. The fourth-order valence-electron chi connectivity index (χ4n) is 2.27. The first-order valence-corrected chi connectivity index (χ1v) is 7.44. The van der Waals surface area contributed by atoms with Crippen molar-refractivity contribution in [3.63, 3.8) is 0 Å². The van der Waals surface area contributed by atoms with Gasteiger partial charge in [0.2, 0.25) is 0 Å². The quantitative estimate of drug-likeness (QED) is 0.810. The van der Waals surface area contributed by atoms with Gasteiger partial charge in [0.15, 0.2) is 0 Å². The summed E-state index contributed by atoms with van der Waals surface area (Å²) in [7, 11) is 0. The van der Waals surface area contributed by atoms with E-state index in [9.17, 15) is 9.90 Å². The molecule has 2 aromatic carbocycles. The van der Waals surface area contributed by atoms with Crippen LogP contribution in [0.15, 0.2) is 36.4 Å². The number of carbonyl (C=O) groups is 1. The van der Waals surface area contributed by atoms with E-state index in [1.54, 1.807) is 12.1 Å². The zero-order valence-corrected chi connectivity index (χ0v) is 13.5. The maximum absolute atomic E-state index is 10.9. The lowest BCUT2D eigenvalue weighted by Crippen LogP contribution is -2.26. The highest BCUT2D eigenvalue weighted by atomic mass is 16.5. The molecule has 0 saturated heterocycles. The van der Waals surface area contributed by atoms with Crippen LogP contribution >= 0.6 is 0 Å². The zero-order valence-electron chi connectivity index (χ0n) is 13.5. The first kappa shape index (κ1) is 16.1. The van der Waals surface area contributed by atoms with Crippen molar-refractivity contribution < 1.29 is 14.6 Å². The topological polar surface area (TPSA) is 46.5 Å². The van der Waals surface area contributed by atoms with Crippen molar-refractivity contribution in [2.24, 2.45) is 0 Å². The van der Waals surface area contributed by atoms with E-state index in [1.165, 1.54) is 6.07 Å². The Morgan fingerprint density at radius 1 is 1.18 bits per heavy atom. The van der Waals surface area contributed by atoms with Gasteiger partial charge in [0.05, 0.1) is 0 Å². The lowest BCUT2D eigenvalue weighted by atomic mass is 9.98. The third kappa shape index (κ3) is 3.67. The Kier molecular flexibility index (Phi) is 4.55. The number of phenols is 1. The van der Waals surface area contributed by atoms with Crippen LogP contribution in [0.4, 0.5) is 0 Å². The summed E-state index contributed by atoms with van der Waals surface area (Å²) in [5.74, 6) is 0.912. The number of aryl methyl sites for hydroxylation is 1. The number of carbonyl (C=O) groups excluding carboxylic acids is 1. The van der Waals surface area contributed by atoms with Gasteiger partial charge < -0.3 is 9.84 Å². The van der Waals surface area contributed by atoms with Crippen molar-refractivity contribution in [2.45, 2.75) is 39.7 Å². The van der Waals surface area contributed by atoms with E-state index < -0.39 is 0 Å². The second-order valence-corrected chi connectivity index (χ2v) is 6.12. The van der Waals surface area contributed by atoms with Crippen molar-refractivity contribution in [1.29, 1.82) is 0 Å². The highest BCUT2D eigenvalue weighted by Gasteiger charge is 2.17. The van der Waals surface area contributed by atoms with Crippen LogP contribution in [0.2, 0.25) is 0 Å². The van der Waals surface area contributed by atoms with Gasteiger partial charge in [-0.1, -0.05) is 13.0 Å². The van der Waals surface area contributed by atoms with Crippen LogP contribution in [-0.4, -0.2) is 17.0 Å². The first-order chi connectivity index (χ1) is 10.3. The third-order valence-corrected chi connectivity index (χ3v) is 3.83. The molecule has 0 aliphatic rings. The van der Waals surface area contributed by atoms with E-state index in [4.69, 9.17) is 4.74 Å². The summed E-state index contributed by atoms with van der Waals surface area (Å²) in [4.78, 5) is 10.9. The molecule has 0 bridgehead atoms. The summed E-state index contributed by atoms with van der Waals surface area (Å²) in [6, 6.07) is 10.7. The number of hydrogen-bond acceptors (Lipinski definition) is 3. The predicted molar refractivity (Wildman–Crippen MR) is 88.7 cm³/mol. The minimum atomic E-state index is -0.205. The maximum Gasteiger partial charge on any atom is 0.150 e. The molecule has 0 aliphatic carbocycles. The zero-order chi connectivity index (χ0) is 16.3. The van der Waals surface area contributed by atoms with E-state index >= 15 is 0 Å². The van der Waals surface area contributed by atoms with Crippen LogP contribution in [0.1, 0.15) is 43.1 Å². The molecule has 22 heavy (non-hydrogen) atoms. The molecule has 0 amide bonds. The van der Waals surface area contributed by atoms with Gasteiger partial charge in [0.1, 0.15) is 23.4 Å². The summed E-state index contributed by atoms with van der Waals surface area (Å²) in [5.41, 5.74) is 3.08. The van der Waals surface area contributed by atoms with Crippen LogP contribution in [0, 0.1) is 6.92 Å². The van der Waals surface area contributed by atoms with Gasteiger partial charge in [-0.25, -0.2) is 0 Å². The Morgan fingerprint density at radius 3 is 2.50 bits per heavy atom. The lowest BCUT2D eigenvalue weighted by molar-refractivity contribution is 0.105. The van der Waals surface area contributed by atoms with Crippen LogP contribution in [0.3, 0.4) is 0 Å². The molecule has 0 unspecified atom stereocenters. The van der Waals surface area contributed by atoms with E-state index in [-0.39, 0.29) is 11.4 Å². The molecule has 1 N–H and O–H groups in total. The summed E-state index contributed by atoms with van der Waals surface area (Å²) in [5, 5.41) is 9.73. The monoisotopic (exact) mass is 298 g/mol. The van der Waals surface area contributed by atoms with Gasteiger partial charge in [0.25, 0.3) is 0 Å². The fraction of sp³-hybridized carbons (Fsp3) is 0.316. The molecule has 2 rings (SSSR count). The number of aldehydes is 1. The first-order valence-electron chi connectivity index (χ1n) is 7.44. The minimum Gasteiger partial charge on any atom is -0.508 e. The van der Waals surface area contributed by atoms with Crippen LogP contribution < -0.4 is 4.74 Å². The van der Waals surface area contributed by atoms with Crippen LogP contribution in [-0.2, 0) is 0 Å². The Bertz CT molecular complexity index is 687. The SMILES string of the molecule is CCC(C)(C)Oc1ccc(-c2cc(O)cc(C=O)c2)c(C)c1. The number of aromatic hydroxyl groups is 1. The number of ether oxygens (including phenoxy) is 1. The molecule has 0 atom stereocenters. The molecule has 0 spiro atoms. The molecule has 116 valence electrons. The van der Waals surface area contributed by atoms with Gasteiger partial charge in [0, 0.05) is 5.56 Å². The summed E-state index contributed by atoms with van der Waals surface area (Å²) < 4.78 is 5.99. The highest BCUT2D eigenvalue weighted by Crippen LogP contribution is 2.31. The number of benzene rings is 2. The van der Waals surface area contributed by atoms with E-state index in [2.05, 4.69) is 20.8 Å². The second kappa shape index (κ2) is 6.22. The van der Waals surface area contributed by atoms with E-state index in [1.807, 2.05) is 25.1 Å². The van der Waals surface area contributed by atoms with Gasteiger partial charge in [-0.2, -0.15) is 0 Å². The minimum absolute atomic E-state index is 0.0893. The van der Waals surface area contributed by atoms with Crippen molar-refractivity contribution in [3.05, 3.63) is 47.5 Å². The molecule has 3 heteroatoms. The average Bonchev–Trinajstić information content (AvgIpc) is 2.46. The molecule has 3 nitrogen and oxygen atoms in total. The second-order valence-electron chi connectivity index (χ2n) is 6.12. The van der Waals surface area contributed by atoms with Crippen molar-refractivity contribution in [2.75, 3.05) is 0 Å². The molecule has 0 fully saturated rings. The molecule has 0 aromatic heterocycles. The summed E-state index contributed by atoms with van der Waals surface area (Å²) in [6.07, 6.45) is 1.66. The maximum atomic E-state index is 10.9. The molecule has 0 aliphatic heterocycles. The molecule has 0 radical (unpaired) electrons. The molecular weight excluding hydrogens is 276 g/mol. The average molecular weight is 298 g/mol. The van der Waals surface area contributed by atoms with Crippen molar-refractivity contribution >= 4 is 6.29 Å². The van der Waals surface area contributed by atoms with Gasteiger partial charge in [-0.3, -0.25) is 4.79 Å². The molecule has 0 heterocycles. The Balaban J connectivity index is 2.38. The highest BCUT2D eigenvalue weighted by molar-refractivity contribution is 5.81. The van der Waals surface area contributed by atoms with E-state index in [0.717, 1.165) is 35.1 Å². The Labute approximate surface area is 131 Å². The molecule has 0 saturated carbocycles. The standard InChI is InChI=1S/C19H22O3/c1-5-19(3,4)22-17-6-7-18(13(2)8-17)15-9-14(12-20)10-16(21)11-15/h6-12,21H,5H2,1-4H3. The van der Waals surface area contributed by atoms with Crippen LogP contribution in [0.5, 0.6) is 11.5 Å². The molecular formula is C19H22O3.